The van der Waals surface area contributed by atoms with Crippen molar-refractivity contribution in [3.8, 4) is 0 Å². The summed E-state index contributed by atoms with van der Waals surface area (Å²) in [5, 5.41) is 7.69. The zero-order chi connectivity index (χ0) is 17.2. The Morgan fingerprint density at radius 3 is 2.62 bits per heavy atom. The molecule has 0 radical (unpaired) electrons. The lowest BCUT2D eigenvalue weighted by atomic mass is 10.3. The first kappa shape index (κ1) is 16.2. The Balaban J connectivity index is 1.75. The monoisotopic (exact) mass is 363 g/mol. The molecule has 9 heteroatoms. The number of nitrogens with zero attached hydrogens (tertiary/aromatic N) is 1. The third kappa shape index (κ3) is 3.63. The fourth-order valence-corrected chi connectivity index (χ4v) is 4.06. The predicted molar refractivity (Wildman–Crippen MR) is 90.8 cm³/mol. The number of hydrogen-bond donors (Lipinski definition) is 2. The molecule has 0 spiro atoms. The van der Waals surface area contributed by atoms with Gasteiger partial charge in [-0.2, -0.15) is 0 Å². The van der Waals surface area contributed by atoms with E-state index < -0.39 is 10.0 Å². The van der Waals surface area contributed by atoms with Crippen LogP contribution in [-0.2, 0) is 10.0 Å². The fourth-order valence-electron chi connectivity index (χ4n) is 1.90. The Kier molecular flexibility index (Phi) is 4.36. The van der Waals surface area contributed by atoms with E-state index in [-0.39, 0.29) is 21.5 Å². The first-order chi connectivity index (χ1) is 11.4. The van der Waals surface area contributed by atoms with Gasteiger partial charge < -0.3 is 9.84 Å². The van der Waals surface area contributed by atoms with E-state index >= 15 is 0 Å². The molecule has 124 valence electrons. The van der Waals surface area contributed by atoms with Crippen molar-refractivity contribution in [3.63, 3.8) is 0 Å². The lowest BCUT2D eigenvalue weighted by Gasteiger charge is -2.03. The van der Waals surface area contributed by atoms with Crippen LogP contribution in [0.2, 0.25) is 0 Å². The van der Waals surface area contributed by atoms with Crippen molar-refractivity contribution in [3.05, 3.63) is 58.5 Å². The van der Waals surface area contributed by atoms with Crippen LogP contribution < -0.4 is 10.0 Å². The Hall–Kier alpha value is -2.65. The SMILES string of the molecule is Cc1cc(NS(=O)(=O)c2csc(C(=O)Nc3ccccc3)c2)no1. The van der Waals surface area contributed by atoms with E-state index in [0.717, 1.165) is 11.3 Å². The molecule has 0 aliphatic heterocycles. The quantitative estimate of drug-likeness (QED) is 0.725. The van der Waals surface area contributed by atoms with Gasteiger partial charge in [0.05, 0.1) is 9.77 Å². The van der Waals surface area contributed by atoms with E-state index in [1.807, 2.05) is 6.07 Å². The molecule has 2 N–H and O–H groups in total. The molecule has 24 heavy (non-hydrogen) atoms. The van der Waals surface area contributed by atoms with Gasteiger partial charge in [-0.05, 0) is 25.1 Å². The highest BCUT2D eigenvalue weighted by Crippen LogP contribution is 2.23. The predicted octanol–water partition coefficient (Wildman–Crippen LogP) is 3.10. The number of aromatic nitrogens is 1. The lowest BCUT2D eigenvalue weighted by Crippen LogP contribution is -2.13. The maximum absolute atomic E-state index is 12.3. The van der Waals surface area contributed by atoms with E-state index in [2.05, 4.69) is 15.2 Å². The second-order valence-corrected chi connectivity index (χ2v) is 7.49. The van der Waals surface area contributed by atoms with Gasteiger partial charge in [0, 0.05) is 17.1 Å². The molecular weight excluding hydrogens is 350 g/mol. The molecule has 0 fully saturated rings. The van der Waals surface area contributed by atoms with Gasteiger partial charge in [-0.15, -0.1) is 11.3 Å². The molecule has 2 aromatic heterocycles. The summed E-state index contributed by atoms with van der Waals surface area (Å²) in [4.78, 5) is 12.5. The number of aryl methyl sites for hydroxylation is 1. The van der Waals surface area contributed by atoms with E-state index in [0.29, 0.717) is 11.4 Å². The molecule has 0 aliphatic carbocycles. The largest absolute Gasteiger partial charge is 0.360 e. The standard InChI is InChI=1S/C15H13N3O4S2/c1-10-7-14(17-22-10)18-24(20,21)12-8-13(23-9-12)15(19)16-11-5-3-2-4-6-11/h2-9H,1H3,(H,16,19)(H,17,18). The van der Waals surface area contributed by atoms with Crippen LogP contribution in [0.3, 0.4) is 0 Å². The van der Waals surface area contributed by atoms with Crippen LogP contribution in [0, 0.1) is 6.92 Å². The van der Waals surface area contributed by atoms with Gasteiger partial charge in [-0.1, -0.05) is 23.4 Å². The number of nitrogens with one attached hydrogen (secondary N) is 2. The van der Waals surface area contributed by atoms with Crippen LogP contribution in [0.15, 0.2) is 57.3 Å². The van der Waals surface area contributed by atoms with E-state index in [4.69, 9.17) is 4.52 Å². The van der Waals surface area contributed by atoms with Crippen LogP contribution in [0.1, 0.15) is 15.4 Å². The number of carbonyl (C=O) groups is 1. The van der Waals surface area contributed by atoms with Crippen molar-refractivity contribution in [1.29, 1.82) is 0 Å². The number of para-hydroxylation sites is 1. The van der Waals surface area contributed by atoms with Crippen molar-refractivity contribution in [1.82, 2.24) is 5.16 Å². The Morgan fingerprint density at radius 2 is 1.96 bits per heavy atom. The average molecular weight is 363 g/mol. The Morgan fingerprint density at radius 1 is 1.21 bits per heavy atom. The van der Waals surface area contributed by atoms with Gasteiger partial charge in [-0.25, -0.2) is 8.42 Å². The summed E-state index contributed by atoms with van der Waals surface area (Å²) in [6.45, 7) is 1.65. The summed E-state index contributed by atoms with van der Waals surface area (Å²) < 4.78 is 31.7. The smallest absolute Gasteiger partial charge is 0.265 e. The molecule has 3 aromatic rings. The minimum atomic E-state index is -3.83. The number of amides is 1. The minimum Gasteiger partial charge on any atom is -0.360 e. The average Bonchev–Trinajstić information content (AvgIpc) is 3.17. The fraction of sp³-hybridized carbons (Fsp3) is 0.0667. The highest BCUT2D eigenvalue weighted by atomic mass is 32.2. The molecule has 2 heterocycles. The summed E-state index contributed by atoms with van der Waals surface area (Å²) in [5.41, 5.74) is 0.636. The van der Waals surface area contributed by atoms with Gasteiger partial charge in [-0.3, -0.25) is 9.52 Å². The molecular formula is C15H13N3O4S2. The van der Waals surface area contributed by atoms with E-state index in [1.54, 1.807) is 31.2 Å². The zero-order valence-electron chi connectivity index (χ0n) is 12.5. The molecule has 0 unspecified atom stereocenters. The van der Waals surface area contributed by atoms with Crippen LogP contribution in [0.25, 0.3) is 0 Å². The van der Waals surface area contributed by atoms with Gasteiger partial charge >= 0.3 is 0 Å². The number of benzene rings is 1. The van der Waals surface area contributed by atoms with Gasteiger partial charge in [0.2, 0.25) is 0 Å². The van der Waals surface area contributed by atoms with Crippen LogP contribution >= 0.6 is 11.3 Å². The molecule has 0 aliphatic rings. The minimum absolute atomic E-state index is 0.00800. The topological polar surface area (TPSA) is 101 Å². The molecule has 0 bridgehead atoms. The van der Waals surface area contributed by atoms with Crippen LogP contribution in [0.4, 0.5) is 11.5 Å². The van der Waals surface area contributed by atoms with Crippen LogP contribution in [0.5, 0.6) is 0 Å². The van der Waals surface area contributed by atoms with Gasteiger partial charge in [0.25, 0.3) is 15.9 Å². The van der Waals surface area contributed by atoms with Crippen molar-refractivity contribution >= 4 is 38.8 Å². The Bertz CT molecular complexity index is 962. The number of carbonyl (C=O) groups excluding carboxylic acids is 1. The number of hydrogen-bond acceptors (Lipinski definition) is 6. The van der Waals surface area contributed by atoms with Crippen LogP contribution in [-0.4, -0.2) is 19.5 Å². The third-order valence-corrected chi connectivity index (χ3v) is 5.42. The number of sulfonamides is 1. The number of rotatable bonds is 5. The van der Waals surface area contributed by atoms with Gasteiger partial charge in [0.1, 0.15) is 5.76 Å². The molecule has 0 saturated carbocycles. The molecule has 1 aromatic carbocycles. The van der Waals surface area contributed by atoms with Crippen molar-refractivity contribution < 1.29 is 17.7 Å². The van der Waals surface area contributed by atoms with E-state index in [9.17, 15) is 13.2 Å². The highest BCUT2D eigenvalue weighted by molar-refractivity contribution is 7.92. The summed E-state index contributed by atoms with van der Waals surface area (Å²) >= 11 is 1.04. The van der Waals surface area contributed by atoms with Crippen molar-refractivity contribution in [2.45, 2.75) is 11.8 Å². The van der Waals surface area contributed by atoms with E-state index in [1.165, 1.54) is 17.5 Å². The van der Waals surface area contributed by atoms with Crippen molar-refractivity contribution in [2.24, 2.45) is 0 Å². The first-order valence-electron chi connectivity index (χ1n) is 6.85. The number of anilines is 2. The summed E-state index contributed by atoms with van der Waals surface area (Å²) in [7, 11) is -3.83. The number of thiophene rings is 1. The summed E-state index contributed by atoms with van der Waals surface area (Å²) in [6, 6.07) is 11.7. The second-order valence-electron chi connectivity index (χ2n) is 4.90. The molecule has 3 rings (SSSR count). The first-order valence-corrected chi connectivity index (χ1v) is 9.21. The Labute approximate surface area is 142 Å². The summed E-state index contributed by atoms with van der Waals surface area (Å²) in [5.74, 6) is 0.208. The molecule has 1 amide bonds. The summed E-state index contributed by atoms with van der Waals surface area (Å²) in [6.07, 6.45) is 0. The highest BCUT2D eigenvalue weighted by Gasteiger charge is 2.20. The molecule has 0 saturated heterocycles. The lowest BCUT2D eigenvalue weighted by molar-refractivity contribution is 0.103. The second kappa shape index (κ2) is 6.46. The maximum atomic E-state index is 12.3. The molecule has 0 atom stereocenters. The molecule has 7 nitrogen and oxygen atoms in total. The van der Waals surface area contributed by atoms with Gasteiger partial charge in [0.15, 0.2) is 5.82 Å². The normalized spacial score (nSPS) is 11.2. The zero-order valence-corrected chi connectivity index (χ0v) is 14.1. The maximum Gasteiger partial charge on any atom is 0.265 e. The third-order valence-electron chi connectivity index (χ3n) is 3.01. The van der Waals surface area contributed by atoms with Crippen molar-refractivity contribution in [2.75, 3.05) is 10.0 Å².